The molecule has 1 fully saturated rings. The molecule has 3 aromatic rings. The largest absolute Gasteiger partial charge is 0.493 e. The first-order valence-electron chi connectivity index (χ1n) is 12.6. The van der Waals surface area contributed by atoms with Crippen LogP contribution in [0.15, 0.2) is 53.4 Å². The fourth-order valence-electron chi connectivity index (χ4n) is 4.49. The zero-order valence-electron chi connectivity index (χ0n) is 21.4. The Hall–Kier alpha value is -2.81. The molecule has 1 aromatic heterocycles. The van der Waals surface area contributed by atoms with Gasteiger partial charge in [0, 0.05) is 11.1 Å². The lowest BCUT2D eigenvalue weighted by Gasteiger charge is -2.21. The number of ether oxygens (including phenoxy) is 1. The number of amides is 1. The van der Waals surface area contributed by atoms with Gasteiger partial charge in [0.25, 0.3) is 15.9 Å². The lowest BCUT2D eigenvalue weighted by molar-refractivity contribution is -0.114. The molecular weight excluding hydrogens is 545 g/mol. The highest BCUT2D eigenvalue weighted by Gasteiger charge is 2.18. The Balaban J connectivity index is 1.44. The summed E-state index contributed by atoms with van der Waals surface area (Å²) in [5, 5.41) is 0.740. The molecule has 1 heterocycles. The first kappa shape index (κ1) is 28.2. The topological polar surface area (TPSA) is 90.3 Å². The molecule has 1 saturated carbocycles. The summed E-state index contributed by atoms with van der Waals surface area (Å²) >= 11 is 12.9. The summed E-state index contributed by atoms with van der Waals surface area (Å²) in [7, 11) is -4.00. The SMILES string of the molecule is Cc1ccc(S(=O)(=O)NC(=O)/C=C/c2c(Cl)nc(C)n2Cc2ccc(OCC3CCCCC3)cc2Cl)cc1. The van der Waals surface area contributed by atoms with Crippen LogP contribution in [0.25, 0.3) is 6.08 Å². The van der Waals surface area contributed by atoms with Crippen molar-refractivity contribution in [2.75, 3.05) is 6.61 Å². The minimum atomic E-state index is -4.00. The number of nitrogens with one attached hydrogen (secondary N) is 1. The summed E-state index contributed by atoms with van der Waals surface area (Å²) in [6.07, 6.45) is 8.82. The van der Waals surface area contributed by atoms with Gasteiger partial charge in [-0.3, -0.25) is 4.79 Å². The van der Waals surface area contributed by atoms with Crippen molar-refractivity contribution >= 4 is 45.2 Å². The number of rotatable bonds is 9. The highest BCUT2D eigenvalue weighted by Crippen LogP contribution is 2.28. The number of aryl methyl sites for hydroxylation is 2. The molecule has 0 unspecified atom stereocenters. The predicted octanol–water partition coefficient (Wildman–Crippen LogP) is 6.33. The summed E-state index contributed by atoms with van der Waals surface area (Å²) in [6, 6.07) is 11.8. The van der Waals surface area contributed by atoms with Crippen molar-refractivity contribution in [3.63, 3.8) is 0 Å². The van der Waals surface area contributed by atoms with E-state index in [0.717, 1.165) is 23.0 Å². The third-order valence-corrected chi connectivity index (χ3v) is 8.67. The summed E-state index contributed by atoms with van der Waals surface area (Å²) in [5.41, 5.74) is 2.20. The van der Waals surface area contributed by atoms with Gasteiger partial charge in [0.05, 0.1) is 23.7 Å². The maximum absolute atomic E-state index is 12.5. The van der Waals surface area contributed by atoms with E-state index in [4.69, 9.17) is 27.9 Å². The average molecular weight is 577 g/mol. The number of carbonyl (C=O) groups excluding carboxylic acids is 1. The van der Waals surface area contributed by atoms with Crippen LogP contribution >= 0.6 is 23.2 Å². The third kappa shape index (κ3) is 7.18. The van der Waals surface area contributed by atoms with Crippen LogP contribution in [0, 0.1) is 19.8 Å². The maximum atomic E-state index is 12.5. The first-order chi connectivity index (χ1) is 18.1. The van der Waals surface area contributed by atoms with E-state index in [1.165, 1.54) is 50.3 Å². The zero-order chi connectivity index (χ0) is 27.3. The Morgan fingerprint density at radius 1 is 1.11 bits per heavy atom. The van der Waals surface area contributed by atoms with Crippen LogP contribution in [0.1, 0.15) is 54.7 Å². The van der Waals surface area contributed by atoms with Crippen LogP contribution in [0.2, 0.25) is 10.2 Å². The van der Waals surface area contributed by atoms with Crippen molar-refractivity contribution in [1.82, 2.24) is 14.3 Å². The zero-order valence-corrected chi connectivity index (χ0v) is 23.7. The second-order valence-corrected chi connectivity index (χ2v) is 12.1. The van der Waals surface area contributed by atoms with Gasteiger partial charge in [0.15, 0.2) is 5.15 Å². The molecule has 0 saturated heterocycles. The summed E-state index contributed by atoms with van der Waals surface area (Å²) in [6.45, 7) is 4.69. The second-order valence-electron chi connectivity index (χ2n) is 9.61. The molecule has 1 N–H and O–H groups in total. The van der Waals surface area contributed by atoms with Gasteiger partial charge < -0.3 is 9.30 Å². The van der Waals surface area contributed by atoms with Crippen LogP contribution in [0.3, 0.4) is 0 Å². The van der Waals surface area contributed by atoms with Gasteiger partial charge in [-0.15, -0.1) is 0 Å². The summed E-state index contributed by atoms with van der Waals surface area (Å²) in [5.74, 6) is 1.15. The number of carbonyl (C=O) groups is 1. The lowest BCUT2D eigenvalue weighted by Crippen LogP contribution is -2.29. The van der Waals surface area contributed by atoms with Crippen LogP contribution < -0.4 is 9.46 Å². The minimum Gasteiger partial charge on any atom is -0.493 e. The molecule has 202 valence electrons. The Bertz CT molecular complexity index is 1430. The van der Waals surface area contributed by atoms with E-state index in [2.05, 4.69) is 4.98 Å². The van der Waals surface area contributed by atoms with E-state index < -0.39 is 15.9 Å². The number of sulfonamides is 1. The Morgan fingerprint density at radius 3 is 2.50 bits per heavy atom. The maximum Gasteiger partial charge on any atom is 0.264 e. The van der Waals surface area contributed by atoms with E-state index >= 15 is 0 Å². The van der Waals surface area contributed by atoms with Crippen molar-refractivity contribution in [1.29, 1.82) is 0 Å². The molecule has 0 radical (unpaired) electrons. The monoisotopic (exact) mass is 575 g/mol. The Kier molecular flexibility index (Phi) is 9.18. The molecule has 1 aliphatic rings. The van der Waals surface area contributed by atoms with Crippen molar-refractivity contribution in [3.8, 4) is 5.75 Å². The van der Waals surface area contributed by atoms with Crippen LogP contribution in [-0.2, 0) is 21.4 Å². The Labute approximate surface area is 233 Å². The smallest absolute Gasteiger partial charge is 0.264 e. The number of halogens is 2. The number of hydrogen-bond donors (Lipinski definition) is 1. The first-order valence-corrected chi connectivity index (χ1v) is 14.8. The van der Waals surface area contributed by atoms with E-state index in [9.17, 15) is 13.2 Å². The molecule has 0 bridgehead atoms. The quantitative estimate of drug-likeness (QED) is 0.301. The van der Waals surface area contributed by atoms with Crippen molar-refractivity contribution in [3.05, 3.63) is 81.4 Å². The van der Waals surface area contributed by atoms with E-state index in [1.54, 1.807) is 19.1 Å². The second kappa shape index (κ2) is 12.4. The molecule has 0 atom stereocenters. The minimum absolute atomic E-state index is 0.00424. The van der Waals surface area contributed by atoms with Gasteiger partial charge in [-0.25, -0.2) is 18.1 Å². The predicted molar refractivity (Wildman–Crippen MR) is 150 cm³/mol. The number of nitrogens with zero attached hydrogens (tertiary/aromatic N) is 2. The number of hydrogen-bond acceptors (Lipinski definition) is 5. The number of aromatic nitrogens is 2. The number of imidazole rings is 1. The van der Waals surface area contributed by atoms with Gasteiger partial charge in [0.2, 0.25) is 0 Å². The molecule has 1 aliphatic carbocycles. The van der Waals surface area contributed by atoms with E-state index in [-0.39, 0.29) is 10.0 Å². The summed E-state index contributed by atoms with van der Waals surface area (Å²) < 4.78 is 34.9. The van der Waals surface area contributed by atoms with Gasteiger partial charge in [-0.05, 0) is 68.5 Å². The van der Waals surface area contributed by atoms with Crippen molar-refractivity contribution < 1.29 is 17.9 Å². The van der Waals surface area contributed by atoms with Gasteiger partial charge >= 0.3 is 0 Å². The highest BCUT2D eigenvalue weighted by molar-refractivity contribution is 7.90. The third-order valence-electron chi connectivity index (χ3n) is 6.68. The standard InChI is InChI=1S/C28H31Cl2N3O4S/c1-19-8-12-24(13-9-19)38(35,36)32-27(34)15-14-26-28(30)31-20(2)33(26)17-22-10-11-23(16-25(22)29)37-18-21-6-4-3-5-7-21/h8-16,21H,3-7,17-18H2,1-2H3,(H,32,34)/b15-14+. The molecule has 1 amide bonds. The molecule has 0 aliphatic heterocycles. The molecule has 4 rings (SSSR count). The van der Waals surface area contributed by atoms with E-state index in [0.29, 0.717) is 35.6 Å². The molecule has 7 nitrogen and oxygen atoms in total. The average Bonchev–Trinajstić information content (AvgIpc) is 3.15. The molecule has 10 heteroatoms. The van der Waals surface area contributed by atoms with Crippen LogP contribution in [0.4, 0.5) is 0 Å². The molecule has 38 heavy (non-hydrogen) atoms. The fourth-order valence-corrected chi connectivity index (χ4v) is 5.95. The van der Waals surface area contributed by atoms with Crippen molar-refractivity contribution in [2.45, 2.75) is 57.4 Å². The van der Waals surface area contributed by atoms with Crippen molar-refractivity contribution in [2.24, 2.45) is 5.92 Å². The van der Waals surface area contributed by atoms with Gasteiger partial charge in [0.1, 0.15) is 11.6 Å². The van der Waals surface area contributed by atoms with E-state index in [1.807, 2.05) is 34.4 Å². The molecule has 0 spiro atoms. The highest BCUT2D eigenvalue weighted by atomic mass is 35.5. The summed E-state index contributed by atoms with van der Waals surface area (Å²) in [4.78, 5) is 16.8. The number of benzene rings is 2. The Morgan fingerprint density at radius 2 is 1.82 bits per heavy atom. The normalized spacial score (nSPS) is 14.6. The van der Waals surface area contributed by atoms with Crippen LogP contribution in [0.5, 0.6) is 5.75 Å². The fraction of sp³-hybridized carbons (Fsp3) is 0.357. The van der Waals surface area contributed by atoms with Gasteiger partial charge in [-0.2, -0.15) is 0 Å². The molecule has 2 aromatic carbocycles. The van der Waals surface area contributed by atoms with Crippen LogP contribution in [-0.4, -0.2) is 30.5 Å². The lowest BCUT2D eigenvalue weighted by atomic mass is 9.90. The van der Waals surface area contributed by atoms with Gasteiger partial charge in [-0.1, -0.05) is 66.2 Å². The molecular formula is C28H31Cl2N3O4S.